The fraction of sp³-hybridized carbons (Fsp3) is 0.571. The van der Waals surface area contributed by atoms with Gasteiger partial charge in [-0.25, -0.2) is 13.1 Å². The molecule has 0 saturated carbocycles. The Morgan fingerprint density at radius 3 is 2.60 bits per heavy atom. The SMILES string of the molecule is Cc1ccc(S(=O)(=O)NCC2(C)CCNCC2)cc1Cl. The Hall–Kier alpha value is -0.620. The number of rotatable bonds is 4. The van der Waals surface area contributed by atoms with Gasteiger partial charge in [0.15, 0.2) is 0 Å². The second-order valence-corrected chi connectivity index (χ2v) is 7.97. The van der Waals surface area contributed by atoms with E-state index < -0.39 is 10.0 Å². The van der Waals surface area contributed by atoms with Crippen molar-refractivity contribution in [2.45, 2.75) is 31.6 Å². The lowest BCUT2D eigenvalue weighted by Gasteiger charge is -2.34. The standard InChI is InChI=1S/C14H21ClN2O2S/c1-11-3-4-12(9-13(11)15)20(18,19)17-10-14(2)5-7-16-8-6-14/h3-4,9,16-17H,5-8,10H2,1-2H3. The van der Waals surface area contributed by atoms with Crippen LogP contribution in [-0.2, 0) is 10.0 Å². The predicted octanol–water partition coefficient (Wildman–Crippen LogP) is 2.32. The third-order valence-electron chi connectivity index (χ3n) is 3.95. The van der Waals surface area contributed by atoms with E-state index in [-0.39, 0.29) is 10.3 Å². The van der Waals surface area contributed by atoms with E-state index in [2.05, 4.69) is 17.0 Å². The Labute approximate surface area is 126 Å². The summed E-state index contributed by atoms with van der Waals surface area (Å²) in [5.74, 6) is 0. The topological polar surface area (TPSA) is 58.2 Å². The maximum absolute atomic E-state index is 12.3. The highest BCUT2D eigenvalue weighted by molar-refractivity contribution is 7.89. The van der Waals surface area contributed by atoms with Gasteiger partial charge in [-0.2, -0.15) is 0 Å². The van der Waals surface area contributed by atoms with E-state index in [0.717, 1.165) is 31.5 Å². The molecule has 0 radical (unpaired) electrons. The quantitative estimate of drug-likeness (QED) is 0.896. The zero-order chi connectivity index (χ0) is 14.8. The molecule has 1 fully saturated rings. The van der Waals surface area contributed by atoms with Crippen LogP contribution in [0.2, 0.25) is 5.02 Å². The summed E-state index contributed by atoms with van der Waals surface area (Å²) in [6, 6.07) is 4.82. The van der Waals surface area contributed by atoms with Gasteiger partial charge in [-0.15, -0.1) is 0 Å². The van der Waals surface area contributed by atoms with Gasteiger partial charge in [0.1, 0.15) is 0 Å². The van der Waals surface area contributed by atoms with E-state index in [1.165, 1.54) is 6.07 Å². The van der Waals surface area contributed by atoms with Crippen LogP contribution in [0.25, 0.3) is 0 Å². The van der Waals surface area contributed by atoms with Crippen LogP contribution in [0, 0.1) is 12.3 Å². The minimum Gasteiger partial charge on any atom is -0.317 e. The Morgan fingerprint density at radius 1 is 1.35 bits per heavy atom. The summed E-state index contributed by atoms with van der Waals surface area (Å²) in [4.78, 5) is 0.227. The van der Waals surface area contributed by atoms with E-state index in [1.54, 1.807) is 12.1 Å². The summed E-state index contributed by atoms with van der Waals surface area (Å²) < 4.78 is 27.3. The van der Waals surface area contributed by atoms with Crippen molar-refractivity contribution in [1.82, 2.24) is 10.0 Å². The van der Waals surface area contributed by atoms with Crippen LogP contribution in [0.15, 0.2) is 23.1 Å². The molecule has 4 nitrogen and oxygen atoms in total. The number of hydrogen-bond acceptors (Lipinski definition) is 3. The second kappa shape index (κ2) is 6.02. The second-order valence-electron chi connectivity index (χ2n) is 5.80. The summed E-state index contributed by atoms with van der Waals surface area (Å²) in [5, 5.41) is 3.76. The molecule has 0 aromatic heterocycles. The van der Waals surface area contributed by atoms with Crippen molar-refractivity contribution in [3.05, 3.63) is 28.8 Å². The van der Waals surface area contributed by atoms with Crippen LogP contribution in [0.5, 0.6) is 0 Å². The summed E-state index contributed by atoms with van der Waals surface area (Å²) in [6.45, 7) is 6.31. The Kier molecular flexibility index (Phi) is 4.74. The molecule has 6 heteroatoms. The molecular weight excluding hydrogens is 296 g/mol. The lowest BCUT2D eigenvalue weighted by atomic mass is 9.81. The number of hydrogen-bond donors (Lipinski definition) is 2. The largest absolute Gasteiger partial charge is 0.317 e. The van der Waals surface area contributed by atoms with Gasteiger partial charge in [0.2, 0.25) is 10.0 Å². The van der Waals surface area contributed by atoms with Crippen molar-refractivity contribution in [3.63, 3.8) is 0 Å². The first-order valence-corrected chi connectivity index (χ1v) is 8.65. The summed E-state index contributed by atoms with van der Waals surface area (Å²) >= 11 is 6.00. The Balaban J connectivity index is 2.09. The number of nitrogens with one attached hydrogen (secondary N) is 2. The molecule has 0 bridgehead atoms. The first-order chi connectivity index (χ1) is 9.32. The van der Waals surface area contributed by atoms with Gasteiger partial charge >= 0.3 is 0 Å². The summed E-state index contributed by atoms with van der Waals surface area (Å²) in [7, 11) is -3.49. The van der Waals surface area contributed by atoms with Crippen molar-refractivity contribution in [1.29, 1.82) is 0 Å². The lowest BCUT2D eigenvalue weighted by Crippen LogP contribution is -2.42. The predicted molar refractivity (Wildman–Crippen MR) is 81.6 cm³/mol. The molecule has 2 N–H and O–H groups in total. The number of benzene rings is 1. The molecule has 0 unspecified atom stereocenters. The van der Waals surface area contributed by atoms with Gasteiger partial charge in [-0.1, -0.05) is 24.6 Å². The first kappa shape index (κ1) is 15.8. The average molecular weight is 317 g/mol. The molecule has 20 heavy (non-hydrogen) atoms. The van der Waals surface area contributed by atoms with Crippen molar-refractivity contribution in [2.75, 3.05) is 19.6 Å². The fourth-order valence-electron chi connectivity index (χ4n) is 2.30. The van der Waals surface area contributed by atoms with E-state index >= 15 is 0 Å². The molecular formula is C14H21ClN2O2S. The number of aryl methyl sites for hydroxylation is 1. The van der Waals surface area contributed by atoms with Crippen LogP contribution in [0.4, 0.5) is 0 Å². The van der Waals surface area contributed by atoms with E-state index in [4.69, 9.17) is 11.6 Å². The van der Waals surface area contributed by atoms with Gasteiger partial charge in [0, 0.05) is 11.6 Å². The number of halogens is 1. The molecule has 0 amide bonds. The first-order valence-electron chi connectivity index (χ1n) is 6.79. The Bertz CT molecular complexity index is 581. The van der Waals surface area contributed by atoms with Gasteiger partial charge in [0.25, 0.3) is 0 Å². The number of piperidine rings is 1. The molecule has 2 rings (SSSR count). The normalized spacial score (nSPS) is 18.9. The maximum Gasteiger partial charge on any atom is 0.240 e. The third-order valence-corrected chi connectivity index (χ3v) is 5.76. The highest BCUT2D eigenvalue weighted by atomic mass is 35.5. The van der Waals surface area contributed by atoms with Crippen LogP contribution >= 0.6 is 11.6 Å². The van der Waals surface area contributed by atoms with Crippen LogP contribution in [-0.4, -0.2) is 28.1 Å². The van der Waals surface area contributed by atoms with Gasteiger partial charge in [0.05, 0.1) is 4.90 Å². The van der Waals surface area contributed by atoms with Crippen molar-refractivity contribution in [2.24, 2.45) is 5.41 Å². The smallest absolute Gasteiger partial charge is 0.240 e. The van der Waals surface area contributed by atoms with Crippen LogP contribution < -0.4 is 10.0 Å². The van der Waals surface area contributed by atoms with Crippen molar-refractivity contribution < 1.29 is 8.42 Å². The third kappa shape index (κ3) is 3.73. The molecule has 1 aromatic carbocycles. The molecule has 1 aliphatic rings. The zero-order valence-electron chi connectivity index (χ0n) is 11.9. The highest BCUT2D eigenvalue weighted by Gasteiger charge is 2.28. The lowest BCUT2D eigenvalue weighted by molar-refractivity contribution is 0.232. The minimum absolute atomic E-state index is 0.0206. The molecule has 1 saturated heterocycles. The molecule has 0 spiro atoms. The number of sulfonamides is 1. The molecule has 0 aliphatic carbocycles. The highest BCUT2D eigenvalue weighted by Crippen LogP contribution is 2.27. The van der Waals surface area contributed by atoms with Gasteiger partial charge in [-0.05, 0) is 56.0 Å². The van der Waals surface area contributed by atoms with Gasteiger partial charge in [-0.3, -0.25) is 0 Å². The van der Waals surface area contributed by atoms with E-state index in [1.807, 2.05) is 6.92 Å². The molecule has 1 aliphatic heterocycles. The maximum atomic E-state index is 12.3. The molecule has 0 atom stereocenters. The van der Waals surface area contributed by atoms with Crippen molar-refractivity contribution in [3.8, 4) is 0 Å². The van der Waals surface area contributed by atoms with E-state index in [0.29, 0.717) is 11.6 Å². The van der Waals surface area contributed by atoms with Crippen molar-refractivity contribution >= 4 is 21.6 Å². The zero-order valence-corrected chi connectivity index (χ0v) is 13.4. The molecule has 1 aromatic rings. The van der Waals surface area contributed by atoms with Gasteiger partial charge < -0.3 is 5.32 Å². The minimum atomic E-state index is -3.49. The Morgan fingerprint density at radius 2 is 2.00 bits per heavy atom. The average Bonchev–Trinajstić information content (AvgIpc) is 2.41. The van der Waals surface area contributed by atoms with Crippen LogP contribution in [0.3, 0.4) is 0 Å². The van der Waals surface area contributed by atoms with E-state index in [9.17, 15) is 8.42 Å². The summed E-state index contributed by atoms with van der Waals surface area (Å²) in [6.07, 6.45) is 1.95. The molecule has 1 heterocycles. The van der Waals surface area contributed by atoms with Crippen LogP contribution in [0.1, 0.15) is 25.3 Å². The molecule has 112 valence electrons. The monoisotopic (exact) mass is 316 g/mol. The summed E-state index contributed by atoms with van der Waals surface area (Å²) in [5.41, 5.74) is 0.892. The fourth-order valence-corrected chi connectivity index (χ4v) is 3.77.